The van der Waals surface area contributed by atoms with Crippen molar-refractivity contribution in [3.63, 3.8) is 0 Å². The fourth-order valence-electron chi connectivity index (χ4n) is 11.7. The quantitative estimate of drug-likeness (QED) is 0.0488. The molecule has 0 radical (unpaired) electrons. The number of carbonyl (C=O) groups is 2. The first kappa shape index (κ1) is 70.4. The van der Waals surface area contributed by atoms with E-state index in [9.17, 15) is 30.0 Å². The fourth-order valence-corrected chi connectivity index (χ4v) is 12.9. The summed E-state index contributed by atoms with van der Waals surface area (Å²) < 4.78 is 0. The van der Waals surface area contributed by atoms with Gasteiger partial charge in [0.2, 0.25) is 0 Å². The van der Waals surface area contributed by atoms with E-state index in [1.165, 1.54) is 320 Å². The van der Waals surface area contributed by atoms with E-state index < -0.39 is 11.9 Å². The van der Waals surface area contributed by atoms with Crippen molar-refractivity contribution in [3.8, 4) is 11.5 Å². The van der Waals surface area contributed by atoms with E-state index in [0.717, 1.165) is 50.3 Å². The van der Waals surface area contributed by atoms with Crippen LogP contribution >= 0.6 is 11.8 Å². The van der Waals surface area contributed by atoms with Crippen LogP contribution in [-0.4, -0.2) is 32.4 Å². The molecular formula is C70H122O6S. The lowest BCUT2D eigenvalue weighted by atomic mass is 9.99. The van der Waals surface area contributed by atoms with Gasteiger partial charge in [-0.05, 0) is 61.1 Å². The maximum Gasteiger partial charge on any atom is 0.336 e. The van der Waals surface area contributed by atoms with Gasteiger partial charge in [0, 0.05) is 0 Å². The maximum atomic E-state index is 12.5. The van der Waals surface area contributed by atoms with Gasteiger partial charge in [0.05, 0.1) is 20.9 Å². The highest BCUT2D eigenvalue weighted by molar-refractivity contribution is 7.99. The van der Waals surface area contributed by atoms with Crippen LogP contribution in [0.2, 0.25) is 0 Å². The number of aromatic hydroxyl groups is 2. The largest absolute Gasteiger partial charge is 0.507 e. The average Bonchev–Trinajstić information content (AvgIpc) is 3.42. The molecule has 444 valence electrons. The smallest absolute Gasteiger partial charge is 0.336 e. The van der Waals surface area contributed by atoms with Gasteiger partial charge in [-0.2, -0.15) is 0 Å². The number of aromatic carboxylic acids is 2. The van der Waals surface area contributed by atoms with Gasteiger partial charge in [-0.3, -0.25) is 0 Å². The van der Waals surface area contributed by atoms with Gasteiger partial charge in [0.25, 0.3) is 0 Å². The highest BCUT2D eigenvalue weighted by Gasteiger charge is 2.24. The first-order chi connectivity index (χ1) is 37.8. The fraction of sp³-hybridized carbons (Fsp3) is 0.800. The minimum absolute atomic E-state index is 0.0453. The van der Waals surface area contributed by atoms with E-state index in [-0.39, 0.29) is 22.6 Å². The average molecular weight is 1090 g/mol. The predicted octanol–water partition coefficient (Wildman–Crippen LogP) is 24.1. The van der Waals surface area contributed by atoms with Crippen molar-refractivity contribution in [2.45, 2.75) is 370 Å². The number of carboxylic acids is 2. The van der Waals surface area contributed by atoms with E-state index in [4.69, 9.17) is 0 Å². The number of carboxylic acid groups (broad SMARTS) is 2. The molecule has 0 aromatic heterocycles. The third kappa shape index (κ3) is 37.8. The van der Waals surface area contributed by atoms with Gasteiger partial charge in [-0.25, -0.2) is 9.59 Å². The molecule has 77 heavy (non-hydrogen) atoms. The van der Waals surface area contributed by atoms with Gasteiger partial charge in [0.1, 0.15) is 11.5 Å². The Kier molecular flexibility index (Phi) is 47.1. The van der Waals surface area contributed by atoms with Crippen molar-refractivity contribution in [3.05, 3.63) is 46.5 Å². The Balaban J connectivity index is 1.59. The Morgan fingerprint density at radius 1 is 0.286 bits per heavy atom. The lowest BCUT2D eigenvalue weighted by Gasteiger charge is -2.18. The van der Waals surface area contributed by atoms with Crippen LogP contribution in [0.4, 0.5) is 0 Å². The van der Waals surface area contributed by atoms with E-state index in [1.54, 1.807) is 0 Å². The molecule has 0 saturated carbocycles. The number of hydrogen-bond acceptors (Lipinski definition) is 5. The summed E-state index contributed by atoms with van der Waals surface area (Å²) in [7, 11) is 0. The molecular weight excluding hydrogens is 969 g/mol. The lowest BCUT2D eigenvalue weighted by molar-refractivity contribution is 0.0684. The van der Waals surface area contributed by atoms with Crippen molar-refractivity contribution in [2.24, 2.45) is 0 Å². The first-order valence-corrected chi connectivity index (χ1v) is 34.5. The zero-order valence-electron chi connectivity index (χ0n) is 50.5. The molecule has 0 aliphatic rings. The molecule has 2 aromatic carbocycles. The normalized spacial score (nSPS) is 11.6. The van der Waals surface area contributed by atoms with Gasteiger partial charge < -0.3 is 20.4 Å². The van der Waals surface area contributed by atoms with Crippen molar-refractivity contribution < 1.29 is 30.0 Å². The molecule has 0 bridgehead atoms. The zero-order valence-corrected chi connectivity index (χ0v) is 51.3. The number of rotatable bonds is 58. The summed E-state index contributed by atoms with van der Waals surface area (Å²) in [4.78, 5) is 25.7. The molecule has 0 aliphatic carbocycles. The second kappa shape index (κ2) is 51.5. The minimum atomic E-state index is -1.05. The summed E-state index contributed by atoms with van der Waals surface area (Å²) in [5.74, 6) is -2.19. The summed E-state index contributed by atoms with van der Waals surface area (Å²) >= 11 is 1.12. The van der Waals surface area contributed by atoms with E-state index >= 15 is 0 Å². The molecule has 6 nitrogen and oxygen atoms in total. The predicted molar refractivity (Wildman–Crippen MR) is 333 cm³/mol. The third-order valence-corrected chi connectivity index (χ3v) is 18.0. The third-order valence-electron chi connectivity index (χ3n) is 16.7. The summed E-state index contributed by atoms with van der Waals surface area (Å²) in [6.07, 6.45) is 70.3. The molecule has 0 fully saturated rings. The monoisotopic (exact) mass is 1090 g/mol. The Bertz CT molecular complexity index is 1570. The summed E-state index contributed by atoms with van der Waals surface area (Å²) in [5.41, 5.74) is 1.41. The van der Waals surface area contributed by atoms with E-state index in [0.29, 0.717) is 33.8 Å². The molecule has 0 amide bonds. The molecule has 7 heteroatoms. The number of hydrogen-bond donors (Lipinski definition) is 4. The molecule has 0 saturated heterocycles. The van der Waals surface area contributed by atoms with Crippen molar-refractivity contribution in [1.29, 1.82) is 0 Å². The Labute approximate surface area is 479 Å². The molecule has 0 atom stereocenters. The number of phenols is 2. The topological polar surface area (TPSA) is 115 Å². The second-order valence-corrected chi connectivity index (χ2v) is 24.8. The highest BCUT2D eigenvalue weighted by Crippen LogP contribution is 2.45. The van der Waals surface area contributed by atoms with Crippen molar-refractivity contribution >= 4 is 23.7 Å². The molecule has 0 aliphatic heterocycles. The van der Waals surface area contributed by atoms with Gasteiger partial charge in [0.15, 0.2) is 0 Å². The van der Waals surface area contributed by atoms with Crippen LogP contribution < -0.4 is 0 Å². The number of unbranched alkanes of at least 4 members (excludes halogenated alkanes) is 50. The molecule has 4 N–H and O–H groups in total. The minimum Gasteiger partial charge on any atom is -0.507 e. The van der Waals surface area contributed by atoms with Crippen molar-refractivity contribution in [2.75, 3.05) is 0 Å². The summed E-state index contributed by atoms with van der Waals surface area (Å²) in [6.45, 7) is 4.58. The van der Waals surface area contributed by atoms with E-state index in [1.807, 2.05) is 0 Å². The van der Waals surface area contributed by atoms with Gasteiger partial charge in [-0.1, -0.05) is 347 Å². The van der Waals surface area contributed by atoms with Crippen LogP contribution in [0.15, 0.2) is 34.1 Å². The Morgan fingerprint density at radius 2 is 0.455 bits per heavy atom. The van der Waals surface area contributed by atoms with Gasteiger partial charge in [-0.15, -0.1) is 0 Å². The number of phenolic OH excluding ortho intramolecular Hbond substituents is 2. The summed E-state index contributed by atoms with van der Waals surface area (Å²) in [6, 6.07) is 5.76. The summed E-state index contributed by atoms with van der Waals surface area (Å²) in [5, 5.41) is 42.8. The van der Waals surface area contributed by atoms with Crippen LogP contribution in [0.1, 0.15) is 380 Å². The van der Waals surface area contributed by atoms with Crippen LogP contribution in [0.5, 0.6) is 11.5 Å². The molecule has 2 rings (SSSR count). The SMILES string of the molecule is CCCCCCCCCCCCCCCCCCCCCCCCCCCCc1c(C(=O)O)ccc(O)c1Sc1c(O)ccc(C(=O)O)c1CCCCCCCCCCCCCCCCCCCCCCCCCCCC. The molecule has 2 aromatic rings. The number of benzene rings is 2. The van der Waals surface area contributed by atoms with Crippen LogP contribution in [0.25, 0.3) is 0 Å². The first-order valence-electron chi connectivity index (χ1n) is 33.7. The highest BCUT2D eigenvalue weighted by atomic mass is 32.2. The molecule has 0 spiro atoms. The molecule has 0 heterocycles. The Morgan fingerprint density at radius 3 is 0.623 bits per heavy atom. The van der Waals surface area contributed by atoms with Crippen LogP contribution in [0, 0.1) is 0 Å². The van der Waals surface area contributed by atoms with Crippen LogP contribution in [0.3, 0.4) is 0 Å². The lowest BCUT2D eigenvalue weighted by Crippen LogP contribution is -2.06. The maximum absolute atomic E-state index is 12.5. The van der Waals surface area contributed by atoms with Crippen molar-refractivity contribution in [1.82, 2.24) is 0 Å². The molecule has 0 unspecified atom stereocenters. The second-order valence-electron chi connectivity index (χ2n) is 23.8. The van der Waals surface area contributed by atoms with Gasteiger partial charge >= 0.3 is 11.9 Å². The Hall–Kier alpha value is -2.67. The van der Waals surface area contributed by atoms with E-state index in [2.05, 4.69) is 13.8 Å². The standard InChI is InChI=1S/C70H122O6S/c1-3-5-7-9-11-13-15-17-19-21-23-25-27-29-31-33-35-37-39-41-43-45-47-49-51-53-55-61-63(69(73)74)57-59-65(71)67(61)77-68-62(64(70(75)76)58-60-66(68)72)56-54-52-50-48-46-44-42-40-38-36-34-32-30-28-26-24-22-20-18-16-14-12-10-8-6-4-2/h57-60,71-72H,3-56H2,1-2H3,(H,73,74)(H,75,76). The zero-order chi connectivity index (χ0) is 55.5. The van der Waals surface area contributed by atoms with Crippen LogP contribution in [-0.2, 0) is 12.8 Å².